The van der Waals surface area contributed by atoms with E-state index in [1.54, 1.807) is 13.0 Å². The van der Waals surface area contributed by atoms with Gasteiger partial charge in [-0.1, -0.05) is 48.6 Å². The van der Waals surface area contributed by atoms with Crippen molar-refractivity contribution >= 4 is 52.2 Å². The van der Waals surface area contributed by atoms with Gasteiger partial charge < -0.3 is 20.6 Å². The molecule has 3 aromatic carbocycles. The summed E-state index contributed by atoms with van der Waals surface area (Å²) in [5, 5.41) is 14.8. The first-order valence-corrected chi connectivity index (χ1v) is 15.8. The molecule has 1 aliphatic heterocycles. The number of alkyl halides is 3. The molecule has 1 saturated heterocycles. The number of amides is 2. The lowest BCUT2D eigenvalue weighted by molar-refractivity contribution is -0.139. The molecule has 5 rings (SSSR count). The van der Waals surface area contributed by atoms with Crippen molar-refractivity contribution in [3.63, 3.8) is 0 Å². The van der Waals surface area contributed by atoms with Crippen LogP contribution in [0.2, 0.25) is 0 Å². The van der Waals surface area contributed by atoms with Crippen LogP contribution in [0.1, 0.15) is 77.2 Å². The van der Waals surface area contributed by atoms with Gasteiger partial charge in [-0.25, -0.2) is 4.39 Å². The molecular formula is C33H38B3F4N3O3. The Bertz CT molecular complexity index is 1600. The second-order valence-corrected chi connectivity index (χ2v) is 13.1. The second kappa shape index (κ2) is 13.2. The number of hydrogen-bond acceptors (Lipinski definition) is 4. The number of hydrogen-bond donors (Lipinski definition) is 3. The van der Waals surface area contributed by atoms with Gasteiger partial charge in [0.05, 0.1) is 23.1 Å². The van der Waals surface area contributed by atoms with Gasteiger partial charge in [0.2, 0.25) is 5.91 Å². The van der Waals surface area contributed by atoms with Crippen LogP contribution in [0, 0.1) is 18.7 Å². The lowest BCUT2D eigenvalue weighted by Crippen LogP contribution is -2.47. The Morgan fingerprint density at radius 3 is 2.30 bits per heavy atom. The Kier molecular flexibility index (Phi) is 9.64. The van der Waals surface area contributed by atoms with Crippen molar-refractivity contribution in [2.45, 2.75) is 69.1 Å². The molecule has 2 amide bonds. The highest BCUT2D eigenvalue weighted by atomic mass is 19.4. The van der Waals surface area contributed by atoms with Gasteiger partial charge in [-0.15, -0.1) is 0 Å². The number of anilines is 2. The van der Waals surface area contributed by atoms with E-state index in [-0.39, 0.29) is 23.4 Å². The zero-order valence-electron chi connectivity index (χ0n) is 26.6. The zero-order valence-corrected chi connectivity index (χ0v) is 26.6. The SMILES string of the molecule is Bc1cc([C@H]2[C@@H](C(=O)Nc3ccc(C(B)(B)O)c(C(F)(F)F)c3)CCCN2C(=O)c2c(C)cccc2F)ccc1NC1CCCC1. The molecule has 1 saturated carbocycles. The highest BCUT2D eigenvalue weighted by molar-refractivity contribution is 6.38. The molecule has 0 radical (unpaired) electrons. The molecule has 2 atom stereocenters. The van der Waals surface area contributed by atoms with Crippen LogP contribution < -0.4 is 16.1 Å². The van der Waals surface area contributed by atoms with Crippen LogP contribution in [0.25, 0.3) is 0 Å². The molecule has 2 fully saturated rings. The van der Waals surface area contributed by atoms with Gasteiger partial charge in [-0.05, 0) is 73.6 Å². The molecule has 0 bridgehead atoms. The fourth-order valence-corrected chi connectivity index (χ4v) is 6.90. The van der Waals surface area contributed by atoms with E-state index in [1.807, 2.05) is 26.0 Å². The van der Waals surface area contributed by atoms with Crippen molar-refractivity contribution in [3.8, 4) is 0 Å². The molecule has 0 spiro atoms. The quantitative estimate of drug-likeness (QED) is 0.276. The fraction of sp³-hybridized carbons (Fsp3) is 0.394. The molecule has 6 nitrogen and oxygen atoms in total. The number of carbonyl (C=O) groups excluding carboxylic acids is 2. The highest BCUT2D eigenvalue weighted by Crippen LogP contribution is 2.40. The maximum absolute atomic E-state index is 15.0. The number of nitrogens with zero attached hydrogens (tertiary/aromatic N) is 1. The summed E-state index contributed by atoms with van der Waals surface area (Å²) in [6.07, 6.45) is 0.559. The third-order valence-corrected chi connectivity index (χ3v) is 9.22. The number of benzene rings is 3. The molecule has 3 aromatic rings. The highest BCUT2D eigenvalue weighted by Gasteiger charge is 2.42. The maximum Gasteiger partial charge on any atom is 0.416 e. The summed E-state index contributed by atoms with van der Waals surface area (Å²) in [7, 11) is 4.48. The first-order chi connectivity index (χ1) is 21.6. The Labute approximate surface area is 269 Å². The molecule has 1 heterocycles. The van der Waals surface area contributed by atoms with E-state index in [4.69, 9.17) is 0 Å². The topological polar surface area (TPSA) is 81.7 Å². The van der Waals surface area contributed by atoms with E-state index in [2.05, 4.69) is 10.6 Å². The molecule has 3 N–H and O–H groups in total. The first-order valence-electron chi connectivity index (χ1n) is 15.8. The van der Waals surface area contributed by atoms with Crippen molar-refractivity contribution in [1.29, 1.82) is 0 Å². The van der Waals surface area contributed by atoms with Crippen molar-refractivity contribution in [1.82, 2.24) is 4.90 Å². The molecule has 46 heavy (non-hydrogen) atoms. The molecular weight excluding hydrogens is 595 g/mol. The van der Waals surface area contributed by atoms with E-state index in [0.29, 0.717) is 30.0 Å². The summed E-state index contributed by atoms with van der Waals surface area (Å²) >= 11 is 0. The normalized spacial score (nSPS) is 19.2. The predicted molar refractivity (Wildman–Crippen MR) is 179 cm³/mol. The number of rotatable bonds is 7. The monoisotopic (exact) mass is 633 g/mol. The van der Waals surface area contributed by atoms with Gasteiger partial charge in [0.15, 0.2) is 0 Å². The van der Waals surface area contributed by atoms with Gasteiger partial charge >= 0.3 is 6.18 Å². The van der Waals surface area contributed by atoms with Crippen molar-refractivity contribution in [2.24, 2.45) is 5.92 Å². The minimum Gasteiger partial charge on any atom is -0.403 e. The lowest BCUT2D eigenvalue weighted by Gasteiger charge is -2.41. The number of aliphatic hydroxyl groups is 1. The minimum atomic E-state index is -4.77. The largest absolute Gasteiger partial charge is 0.416 e. The third-order valence-electron chi connectivity index (χ3n) is 9.22. The van der Waals surface area contributed by atoms with E-state index in [9.17, 15) is 27.9 Å². The van der Waals surface area contributed by atoms with Gasteiger partial charge in [-0.3, -0.25) is 9.59 Å². The number of nitrogens with one attached hydrogen (secondary N) is 2. The van der Waals surface area contributed by atoms with E-state index in [1.165, 1.54) is 51.6 Å². The van der Waals surface area contributed by atoms with Crippen molar-refractivity contribution in [3.05, 3.63) is 88.2 Å². The van der Waals surface area contributed by atoms with Gasteiger partial charge in [-0.2, -0.15) is 13.2 Å². The van der Waals surface area contributed by atoms with Crippen LogP contribution in [0.4, 0.5) is 28.9 Å². The third kappa shape index (κ3) is 7.14. The summed E-state index contributed by atoms with van der Waals surface area (Å²) in [6, 6.07) is 13.1. The average molecular weight is 633 g/mol. The lowest BCUT2D eigenvalue weighted by atomic mass is 9.60. The number of likely N-dealkylation sites (tertiary alicyclic amines) is 1. The summed E-state index contributed by atoms with van der Waals surface area (Å²) in [4.78, 5) is 29.5. The smallest absolute Gasteiger partial charge is 0.403 e. The summed E-state index contributed by atoms with van der Waals surface area (Å²) in [5.41, 5.74) is 1.53. The maximum atomic E-state index is 15.0. The fourth-order valence-electron chi connectivity index (χ4n) is 6.90. The molecule has 0 aromatic heterocycles. The van der Waals surface area contributed by atoms with Crippen LogP contribution in [-0.4, -0.2) is 57.9 Å². The van der Waals surface area contributed by atoms with Crippen LogP contribution in [-0.2, 0) is 16.4 Å². The Balaban J connectivity index is 1.52. The van der Waals surface area contributed by atoms with Crippen LogP contribution in [0.15, 0.2) is 54.6 Å². The van der Waals surface area contributed by atoms with Crippen molar-refractivity contribution in [2.75, 3.05) is 17.2 Å². The Morgan fingerprint density at radius 1 is 0.957 bits per heavy atom. The molecule has 1 aliphatic carbocycles. The Hall–Kier alpha value is -3.73. The summed E-state index contributed by atoms with van der Waals surface area (Å²) in [5.74, 6) is -2.59. The molecule has 0 unspecified atom stereocenters. The van der Waals surface area contributed by atoms with E-state index >= 15 is 4.39 Å². The Morgan fingerprint density at radius 2 is 1.67 bits per heavy atom. The standard InChI is InChI=1S/C33H38B3F4N3O3/c1-18-6-4-10-26(37)28(18)31(45)43-15-5-9-22(29(43)19-11-14-27(25(34)16-19)41-20-7-2-3-8-20)30(44)42-21-12-13-23(32(35,36)46)24(17-21)33(38,39)40/h4,6,10-14,16-17,20,22,29,41,46H,2-3,5,7-9,15,34-36H2,1H3,(H,42,44)/t22-,29-/m0/s1. The number of carbonyl (C=O) groups is 2. The number of aryl methyl sites for hydroxylation is 1. The van der Waals surface area contributed by atoms with Crippen molar-refractivity contribution < 1.29 is 32.3 Å². The second-order valence-electron chi connectivity index (χ2n) is 13.1. The molecule has 2 aliphatic rings. The first kappa shape index (κ1) is 33.6. The zero-order chi connectivity index (χ0) is 33.4. The van der Waals surface area contributed by atoms with Gasteiger partial charge in [0.1, 0.15) is 29.4 Å². The van der Waals surface area contributed by atoms with Crippen LogP contribution >= 0.6 is 0 Å². The van der Waals surface area contributed by atoms with Gasteiger partial charge in [0, 0.05) is 29.4 Å². The van der Waals surface area contributed by atoms with E-state index < -0.39 is 46.7 Å². The minimum absolute atomic E-state index is 0.0678. The van der Waals surface area contributed by atoms with Crippen LogP contribution in [0.3, 0.4) is 0 Å². The number of piperidine rings is 1. The molecule has 240 valence electrons. The van der Waals surface area contributed by atoms with E-state index in [0.717, 1.165) is 36.1 Å². The average Bonchev–Trinajstić information content (AvgIpc) is 3.50. The van der Waals surface area contributed by atoms with Gasteiger partial charge in [0.25, 0.3) is 5.91 Å². The molecule has 13 heteroatoms. The summed E-state index contributed by atoms with van der Waals surface area (Å²) in [6.45, 7) is 1.93. The van der Waals surface area contributed by atoms with Crippen LogP contribution in [0.5, 0.6) is 0 Å². The summed E-state index contributed by atoms with van der Waals surface area (Å²) < 4.78 is 57.0. The predicted octanol–water partition coefficient (Wildman–Crippen LogP) is 3.37. The number of halogens is 4.